The zero-order valence-corrected chi connectivity index (χ0v) is 34.3. The van der Waals surface area contributed by atoms with Gasteiger partial charge in [-0.15, -0.1) is 11.3 Å². The molecule has 0 N–H and O–H groups in total. The van der Waals surface area contributed by atoms with Crippen molar-refractivity contribution in [1.29, 1.82) is 0 Å². The number of aromatic nitrogens is 1. The molecule has 3 nitrogen and oxygen atoms in total. The van der Waals surface area contributed by atoms with Crippen molar-refractivity contribution >= 4 is 103 Å². The summed E-state index contributed by atoms with van der Waals surface area (Å²) in [5.41, 5.74) is 13.1. The van der Waals surface area contributed by atoms with Crippen LogP contribution in [0.4, 0.5) is 17.1 Å². The van der Waals surface area contributed by atoms with Crippen LogP contribution in [-0.4, -0.2) is 4.57 Å². The first-order chi connectivity index (χ1) is 30.7. The molecule has 0 saturated heterocycles. The third kappa shape index (κ3) is 5.44. The second kappa shape index (κ2) is 13.8. The maximum Gasteiger partial charge on any atom is 0.143 e. The number of hydrogen-bond acceptors (Lipinski definition) is 3. The van der Waals surface area contributed by atoms with E-state index in [9.17, 15) is 0 Å². The molecular formula is C58H36N2OS. The zero-order chi connectivity index (χ0) is 40.7. The van der Waals surface area contributed by atoms with Gasteiger partial charge in [0.05, 0.1) is 11.0 Å². The van der Waals surface area contributed by atoms with E-state index in [0.717, 1.165) is 55.8 Å². The number of thiophene rings is 1. The Morgan fingerprint density at radius 3 is 1.87 bits per heavy atom. The van der Waals surface area contributed by atoms with E-state index in [-0.39, 0.29) is 0 Å². The van der Waals surface area contributed by atoms with Crippen molar-refractivity contribution in [2.75, 3.05) is 4.90 Å². The Morgan fingerprint density at radius 1 is 0.387 bits per heavy atom. The van der Waals surface area contributed by atoms with Crippen molar-refractivity contribution in [3.63, 3.8) is 0 Å². The molecule has 4 heteroatoms. The van der Waals surface area contributed by atoms with Gasteiger partial charge in [-0.05, 0) is 94.7 Å². The quantitative estimate of drug-likeness (QED) is 0.167. The predicted octanol–water partition coefficient (Wildman–Crippen LogP) is 17.0. The molecule has 62 heavy (non-hydrogen) atoms. The number of rotatable bonds is 6. The van der Waals surface area contributed by atoms with Crippen LogP contribution in [0.15, 0.2) is 223 Å². The summed E-state index contributed by atoms with van der Waals surface area (Å²) < 4.78 is 11.5. The number of fused-ring (bicyclic) bond motifs is 10. The lowest BCUT2D eigenvalue weighted by molar-refractivity contribution is 0.670. The summed E-state index contributed by atoms with van der Waals surface area (Å²) in [4.78, 5) is 2.43. The normalized spacial score (nSPS) is 11.9. The van der Waals surface area contributed by atoms with Gasteiger partial charge < -0.3 is 13.9 Å². The van der Waals surface area contributed by atoms with Crippen molar-refractivity contribution in [3.05, 3.63) is 218 Å². The number of furan rings is 1. The highest BCUT2D eigenvalue weighted by Crippen LogP contribution is 2.47. The van der Waals surface area contributed by atoms with Crippen LogP contribution >= 0.6 is 11.3 Å². The summed E-state index contributed by atoms with van der Waals surface area (Å²) in [5.74, 6) is 0. The zero-order valence-electron chi connectivity index (χ0n) is 33.5. The van der Waals surface area contributed by atoms with Gasteiger partial charge in [0.25, 0.3) is 0 Å². The first-order valence-electron chi connectivity index (χ1n) is 21.1. The average molecular weight is 809 g/mol. The fourth-order valence-electron chi connectivity index (χ4n) is 9.72. The van der Waals surface area contributed by atoms with E-state index in [1.807, 2.05) is 17.4 Å². The number of nitrogens with zero attached hydrogens (tertiary/aromatic N) is 2. The summed E-state index contributed by atoms with van der Waals surface area (Å²) in [5, 5.41) is 9.68. The molecule has 13 aromatic rings. The smallest absolute Gasteiger partial charge is 0.143 e. The van der Waals surface area contributed by atoms with E-state index in [0.29, 0.717) is 0 Å². The highest BCUT2D eigenvalue weighted by atomic mass is 32.1. The molecular weight excluding hydrogens is 773 g/mol. The fraction of sp³-hybridized carbons (Fsp3) is 0. The maximum absolute atomic E-state index is 6.57. The molecule has 3 aromatic heterocycles. The third-order valence-corrected chi connectivity index (χ3v) is 13.7. The van der Waals surface area contributed by atoms with Crippen LogP contribution in [0.1, 0.15) is 0 Å². The molecule has 0 radical (unpaired) electrons. The molecule has 0 spiro atoms. The number of hydrogen-bond donors (Lipinski definition) is 0. The third-order valence-electron chi connectivity index (χ3n) is 12.5. The van der Waals surface area contributed by atoms with Crippen molar-refractivity contribution in [1.82, 2.24) is 4.57 Å². The van der Waals surface area contributed by atoms with Crippen molar-refractivity contribution in [3.8, 4) is 27.9 Å². The van der Waals surface area contributed by atoms with Crippen molar-refractivity contribution in [2.45, 2.75) is 0 Å². The second-order valence-electron chi connectivity index (χ2n) is 16.1. The van der Waals surface area contributed by atoms with Gasteiger partial charge in [-0.3, -0.25) is 0 Å². The Bertz CT molecular complexity index is 3850. The molecule has 10 aromatic carbocycles. The van der Waals surface area contributed by atoms with E-state index in [1.165, 1.54) is 63.9 Å². The lowest BCUT2D eigenvalue weighted by atomic mass is 9.99. The van der Waals surface area contributed by atoms with Gasteiger partial charge >= 0.3 is 0 Å². The van der Waals surface area contributed by atoms with Crippen LogP contribution in [0, 0.1) is 0 Å². The van der Waals surface area contributed by atoms with Crippen molar-refractivity contribution < 1.29 is 4.42 Å². The molecule has 0 saturated carbocycles. The molecule has 0 aliphatic heterocycles. The lowest BCUT2D eigenvalue weighted by Gasteiger charge is -2.27. The van der Waals surface area contributed by atoms with E-state index in [1.54, 1.807) is 0 Å². The lowest BCUT2D eigenvalue weighted by Crippen LogP contribution is -2.10. The van der Waals surface area contributed by atoms with Gasteiger partial charge in [-0.25, -0.2) is 0 Å². The van der Waals surface area contributed by atoms with Gasteiger partial charge in [0, 0.05) is 75.6 Å². The van der Waals surface area contributed by atoms with Gasteiger partial charge in [-0.1, -0.05) is 146 Å². The first kappa shape index (κ1) is 34.9. The molecule has 3 heterocycles. The van der Waals surface area contributed by atoms with E-state index in [4.69, 9.17) is 4.42 Å². The monoisotopic (exact) mass is 808 g/mol. The predicted molar refractivity (Wildman–Crippen MR) is 264 cm³/mol. The summed E-state index contributed by atoms with van der Waals surface area (Å²) in [7, 11) is 0. The average Bonchev–Trinajstić information content (AvgIpc) is 4.01. The van der Waals surface area contributed by atoms with Crippen LogP contribution in [0.2, 0.25) is 0 Å². The molecule has 290 valence electrons. The maximum atomic E-state index is 6.57. The SMILES string of the molecule is c1cc(-c2cccc3c2oc2ccccc23)cc(N(c2ccc3ccccc3c2)c2cc(-c3cccc(-n4c5ccccc5c5ccccc54)c3)c3sc4ccccc4c3c2)c1. The summed E-state index contributed by atoms with van der Waals surface area (Å²) in [6, 6.07) is 79.4. The minimum atomic E-state index is 0.898. The molecule has 0 atom stereocenters. The second-order valence-corrected chi connectivity index (χ2v) is 17.1. The standard InChI is InChI=1S/C58H36N2OS/c1-2-15-38-32-43(31-30-37(38)14-1)59(41-18-11-16-39(33-41)45-24-13-25-50-48-22-5-9-28-55(48)61-57(45)50)44-35-51(58-52(36-44)49-23-6-10-29-56(49)62-58)40-17-12-19-42(34-40)60-53-26-7-3-20-46(53)47-21-4-8-27-54(47)60/h1-36H. The highest BCUT2D eigenvalue weighted by Gasteiger charge is 2.21. The number of para-hydroxylation sites is 4. The first-order valence-corrected chi connectivity index (χ1v) is 21.9. The Morgan fingerprint density at radius 2 is 1.03 bits per heavy atom. The Kier molecular flexibility index (Phi) is 7.78. The summed E-state index contributed by atoms with van der Waals surface area (Å²) >= 11 is 1.87. The fourth-order valence-corrected chi connectivity index (χ4v) is 10.9. The Hall–Kier alpha value is -7.92. The topological polar surface area (TPSA) is 21.3 Å². The van der Waals surface area contributed by atoms with Crippen LogP contribution in [-0.2, 0) is 0 Å². The molecule has 0 bridgehead atoms. The molecule has 13 rings (SSSR count). The number of benzene rings is 10. The summed E-state index contributed by atoms with van der Waals surface area (Å²) in [6.07, 6.45) is 0. The van der Waals surface area contributed by atoms with E-state index >= 15 is 0 Å². The Labute approximate surface area is 361 Å². The van der Waals surface area contributed by atoms with Crippen LogP contribution in [0.25, 0.3) is 103 Å². The molecule has 0 unspecified atom stereocenters. The molecule has 0 amide bonds. The van der Waals surface area contributed by atoms with Crippen LogP contribution < -0.4 is 4.90 Å². The van der Waals surface area contributed by atoms with E-state index in [2.05, 4.69) is 222 Å². The highest BCUT2D eigenvalue weighted by molar-refractivity contribution is 7.26. The minimum absolute atomic E-state index is 0.898. The van der Waals surface area contributed by atoms with Gasteiger partial charge in [-0.2, -0.15) is 0 Å². The van der Waals surface area contributed by atoms with Gasteiger partial charge in [0.15, 0.2) is 0 Å². The Balaban J connectivity index is 1.05. The molecule has 0 fully saturated rings. The van der Waals surface area contributed by atoms with Gasteiger partial charge in [0.2, 0.25) is 0 Å². The van der Waals surface area contributed by atoms with E-state index < -0.39 is 0 Å². The summed E-state index contributed by atoms with van der Waals surface area (Å²) in [6.45, 7) is 0. The van der Waals surface area contributed by atoms with Gasteiger partial charge in [0.1, 0.15) is 11.2 Å². The van der Waals surface area contributed by atoms with Crippen molar-refractivity contribution in [2.24, 2.45) is 0 Å². The largest absolute Gasteiger partial charge is 0.455 e. The number of anilines is 3. The molecule has 0 aliphatic rings. The van der Waals surface area contributed by atoms with Crippen LogP contribution in [0.3, 0.4) is 0 Å². The molecule has 0 aliphatic carbocycles. The minimum Gasteiger partial charge on any atom is -0.455 e. The van der Waals surface area contributed by atoms with Crippen LogP contribution in [0.5, 0.6) is 0 Å².